The minimum Gasteiger partial charge on any atom is -0.300 e. The third-order valence-corrected chi connectivity index (χ3v) is 4.46. The van der Waals surface area contributed by atoms with Crippen LogP contribution in [0.25, 0.3) is 16.5 Å². The lowest BCUT2D eigenvalue weighted by Crippen LogP contribution is -2.30. The number of hydrogen-bond acceptors (Lipinski definition) is 4. The number of halogens is 1. The highest BCUT2D eigenvalue weighted by molar-refractivity contribution is 6.31. The van der Waals surface area contributed by atoms with Gasteiger partial charge in [0.2, 0.25) is 0 Å². The van der Waals surface area contributed by atoms with E-state index in [-0.39, 0.29) is 0 Å². The molecule has 0 saturated carbocycles. The fourth-order valence-electron chi connectivity index (χ4n) is 2.91. The van der Waals surface area contributed by atoms with E-state index in [2.05, 4.69) is 16.0 Å². The Kier molecular flexibility index (Phi) is 3.61. The van der Waals surface area contributed by atoms with Gasteiger partial charge in [0.1, 0.15) is 6.07 Å². The molecule has 0 amide bonds. The maximum absolute atomic E-state index is 9.05. The Labute approximate surface area is 149 Å². The van der Waals surface area contributed by atoms with Crippen molar-refractivity contribution in [3.63, 3.8) is 0 Å². The second-order valence-electron chi connectivity index (χ2n) is 5.94. The van der Waals surface area contributed by atoms with Gasteiger partial charge in [0.15, 0.2) is 5.66 Å². The molecule has 0 saturated heterocycles. The predicted octanol–water partition coefficient (Wildman–Crippen LogP) is 4.04. The maximum atomic E-state index is 9.05. The lowest BCUT2D eigenvalue weighted by molar-refractivity contribution is 0.611. The molecule has 4 rings (SSSR count). The van der Waals surface area contributed by atoms with E-state index < -0.39 is 5.66 Å². The van der Waals surface area contributed by atoms with Crippen molar-refractivity contribution >= 4 is 34.3 Å². The molecule has 0 spiro atoms. The number of nitrogens with two attached hydrogens (primary N) is 1. The molecule has 1 atom stereocenters. The second kappa shape index (κ2) is 5.82. The molecule has 5 heteroatoms. The molecule has 0 bridgehead atoms. The standard InChI is InChI=1S/C20H13ClN4/c21-18-3-1-2-14(8-18)16-9-20(23,25-12-16)17-4-5-19-15(7-17)6-13(10-22)11-24-19/h1-9,11-12H,23H2. The summed E-state index contributed by atoms with van der Waals surface area (Å²) in [4.78, 5) is 8.79. The number of benzene rings is 2. The average molecular weight is 345 g/mol. The third-order valence-electron chi connectivity index (χ3n) is 4.22. The smallest absolute Gasteiger partial charge is 0.153 e. The molecule has 1 aliphatic heterocycles. The molecule has 0 radical (unpaired) electrons. The highest BCUT2D eigenvalue weighted by Crippen LogP contribution is 2.33. The van der Waals surface area contributed by atoms with Crippen LogP contribution >= 0.6 is 11.6 Å². The molecule has 3 aromatic rings. The van der Waals surface area contributed by atoms with Crippen LogP contribution in [0.4, 0.5) is 0 Å². The van der Waals surface area contributed by atoms with Crippen molar-refractivity contribution in [3.05, 3.63) is 82.5 Å². The average Bonchev–Trinajstić information content (AvgIpc) is 3.04. The van der Waals surface area contributed by atoms with Crippen molar-refractivity contribution < 1.29 is 0 Å². The lowest BCUT2D eigenvalue weighted by Gasteiger charge is -2.19. The van der Waals surface area contributed by atoms with Gasteiger partial charge in [-0.15, -0.1) is 0 Å². The SMILES string of the molecule is N#Cc1cnc2ccc(C3(N)C=C(c4cccc(Cl)c4)C=N3)cc2c1. The van der Waals surface area contributed by atoms with E-state index in [1.165, 1.54) is 0 Å². The summed E-state index contributed by atoms with van der Waals surface area (Å²) in [6.45, 7) is 0. The summed E-state index contributed by atoms with van der Waals surface area (Å²) in [6.07, 6.45) is 5.24. The van der Waals surface area contributed by atoms with Crippen molar-refractivity contribution in [1.29, 1.82) is 5.26 Å². The van der Waals surface area contributed by atoms with Gasteiger partial charge in [-0.05, 0) is 53.1 Å². The number of allylic oxidation sites excluding steroid dienone is 1. The predicted molar refractivity (Wildman–Crippen MR) is 100 cm³/mol. The van der Waals surface area contributed by atoms with Crippen molar-refractivity contribution in [2.24, 2.45) is 10.7 Å². The topological polar surface area (TPSA) is 75.1 Å². The van der Waals surface area contributed by atoms with Crippen molar-refractivity contribution in [1.82, 2.24) is 4.98 Å². The number of nitrogens with zero attached hydrogens (tertiary/aromatic N) is 3. The van der Waals surface area contributed by atoms with E-state index in [4.69, 9.17) is 22.6 Å². The Hall–Kier alpha value is -3.00. The van der Waals surface area contributed by atoms with Gasteiger partial charge in [0.25, 0.3) is 0 Å². The molecule has 0 fully saturated rings. The number of fused-ring (bicyclic) bond motifs is 1. The van der Waals surface area contributed by atoms with Gasteiger partial charge in [-0.1, -0.05) is 29.8 Å². The van der Waals surface area contributed by atoms with Gasteiger partial charge in [0.05, 0.1) is 11.1 Å². The Morgan fingerprint density at radius 2 is 2.00 bits per heavy atom. The molecule has 25 heavy (non-hydrogen) atoms. The Balaban J connectivity index is 1.78. The summed E-state index contributed by atoms with van der Waals surface area (Å²) in [5.74, 6) is 0. The van der Waals surface area contributed by atoms with Crippen LogP contribution in [0, 0.1) is 11.3 Å². The van der Waals surface area contributed by atoms with Gasteiger partial charge in [-0.3, -0.25) is 9.98 Å². The number of pyridine rings is 1. The molecule has 120 valence electrons. The Bertz CT molecular complexity index is 1090. The number of aromatic nitrogens is 1. The summed E-state index contributed by atoms with van der Waals surface area (Å²) >= 11 is 6.07. The van der Waals surface area contributed by atoms with Gasteiger partial charge < -0.3 is 5.73 Å². The molecule has 1 aliphatic rings. The van der Waals surface area contributed by atoms with E-state index >= 15 is 0 Å². The van der Waals surface area contributed by atoms with Gasteiger partial charge in [-0.25, -0.2) is 0 Å². The molecular formula is C20H13ClN4. The normalized spacial score (nSPS) is 19.0. The van der Waals surface area contributed by atoms with Gasteiger partial charge in [-0.2, -0.15) is 5.26 Å². The molecule has 0 aliphatic carbocycles. The van der Waals surface area contributed by atoms with Crippen LogP contribution in [0.3, 0.4) is 0 Å². The van der Waals surface area contributed by atoms with E-state index in [1.54, 1.807) is 18.5 Å². The molecule has 1 aromatic heterocycles. The highest BCUT2D eigenvalue weighted by Gasteiger charge is 2.28. The van der Waals surface area contributed by atoms with Gasteiger partial charge >= 0.3 is 0 Å². The van der Waals surface area contributed by atoms with E-state index in [1.807, 2.05) is 48.5 Å². The summed E-state index contributed by atoms with van der Waals surface area (Å²) in [5.41, 5.74) is 9.63. The van der Waals surface area contributed by atoms with Crippen LogP contribution in [-0.2, 0) is 5.66 Å². The number of nitriles is 1. The van der Waals surface area contributed by atoms with Crippen molar-refractivity contribution in [2.75, 3.05) is 0 Å². The fourth-order valence-corrected chi connectivity index (χ4v) is 3.10. The maximum Gasteiger partial charge on any atom is 0.153 e. The molecular weight excluding hydrogens is 332 g/mol. The number of rotatable bonds is 2. The van der Waals surface area contributed by atoms with Crippen LogP contribution in [0.5, 0.6) is 0 Å². The fraction of sp³-hybridized carbons (Fsp3) is 0.0500. The minimum absolute atomic E-state index is 0.515. The summed E-state index contributed by atoms with van der Waals surface area (Å²) in [5, 5.41) is 10.6. The van der Waals surface area contributed by atoms with Crippen molar-refractivity contribution in [2.45, 2.75) is 5.66 Å². The van der Waals surface area contributed by atoms with Crippen molar-refractivity contribution in [3.8, 4) is 6.07 Å². The first kappa shape index (κ1) is 15.5. The van der Waals surface area contributed by atoms with Gasteiger partial charge in [0, 0.05) is 22.8 Å². The van der Waals surface area contributed by atoms with E-state index in [9.17, 15) is 0 Å². The Morgan fingerprint density at radius 3 is 2.80 bits per heavy atom. The second-order valence-corrected chi connectivity index (χ2v) is 6.37. The zero-order valence-corrected chi connectivity index (χ0v) is 13.9. The van der Waals surface area contributed by atoms with Crippen LogP contribution in [0.15, 0.2) is 65.8 Å². The summed E-state index contributed by atoms with van der Waals surface area (Å²) < 4.78 is 0. The third kappa shape index (κ3) is 2.80. The van der Waals surface area contributed by atoms with Crippen LogP contribution < -0.4 is 5.73 Å². The molecule has 1 unspecified atom stereocenters. The van der Waals surface area contributed by atoms with E-state index in [0.717, 1.165) is 27.6 Å². The molecule has 2 N–H and O–H groups in total. The molecule has 2 aromatic carbocycles. The first-order valence-electron chi connectivity index (χ1n) is 7.71. The molecule has 4 nitrogen and oxygen atoms in total. The number of aliphatic imine (C=N–C) groups is 1. The monoisotopic (exact) mass is 344 g/mol. The zero-order chi connectivity index (χ0) is 17.4. The van der Waals surface area contributed by atoms with Crippen LogP contribution in [0.1, 0.15) is 16.7 Å². The minimum atomic E-state index is -0.950. The van der Waals surface area contributed by atoms with Crippen LogP contribution in [-0.4, -0.2) is 11.2 Å². The van der Waals surface area contributed by atoms with E-state index in [0.29, 0.717) is 10.6 Å². The Morgan fingerprint density at radius 1 is 1.12 bits per heavy atom. The molecule has 2 heterocycles. The largest absolute Gasteiger partial charge is 0.300 e. The lowest BCUT2D eigenvalue weighted by atomic mass is 9.96. The highest BCUT2D eigenvalue weighted by atomic mass is 35.5. The number of hydrogen-bond donors (Lipinski definition) is 1. The first-order valence-corrected chi connectivity index (χ1v) is 8.08. The first-order chi connectivity index (χ1) is 12.1. The van der Waals surface area contributed by atoms with Crippen LogP contribution in [0.2, 0.25) is 5.02 Å². The zero-order valence-electron chi connectivity index (χ0n) is 13.1. The quantitative estimate of drug-likeness (QED) is 0.762. The summed E-state index contributed by atoms with van der Waals surface area (Å²) in [6, 6.07) is 17.2. The summed E-state index contributed by atoms with van der Waals surface area (Å²) in [7, 11) is 0.